The first kappa shape index (κ1) is 14.0. The lowest BCUT2D eigenvalue weighted by atomic mass is 10.1. The van der Waals surface area contributed by atoms with Crippen molar-refractivity contribution < 1.29 is 9.13 Å². The molecule has 1 unspecified atom stereocenters. The number of benzene rings is 1. The summed E-state index contributed by atoms with van der Waals surface area (Å²) >= 11 is 6.81. The lowest BCUT2D eigenvalue weighted by Gasteiger charge is -2.14. The van der Waals surface area contributed by atoms with Gasteiger partial charge in [-0.05, 0) is 28.4 Å². The molecular formula is C12H15Br2FO. The second kappa shape index (κ2) is 6.60. The summed E-state index contributed by atoms with van der Waals surface area (Å²) in [5.41, 5.74) is 0.990. The van der Waals surface area contributed by atoms with Gasteiger partial charge in [0, 0.05) is 16.5 Å². The van der Waals surface area contributed by atoms with Crippen molar-refractivity contribution in [3.63, 3.8) is 0 Å². The minimum absolute atomic E-state index is 0.208. The van der Waals surface area contributed by atoms with E-state index in [-0.39, 0.29) is 10.6 Å². The third-order valence-corrected chi connectivity index (χ3v) is 3.98. The van der Waals surface area contributed by atoms with Gasteiger partial charge in [-0.1, -0.05) is 35.7 Å². The highest BCUT2D eigenvalue weighted by atomic mass is 79.9. The molecule has 16 heavy (non-hydrogen) atoms. The van der Waals surface area contributed by atoms with Crippen molar-refractivity contribution in [3.05, 3.63) is 28.0 Å². The zero-order valence-corrected chi connectivity index (χ0v) is 12.6. The van der Waals surface area contributed by atoms with E-state index in [1.54, 1.807) is 13.2 Å². The van der Waals surface area contributed by atoms with Gasteiger partial charge in [-0.25, -0.2) is 4.39 Å². The van der Waals surface area contributed by atoms with E-state index in [1.807, 2.05) is 0 Å². The van der Waals surface area contributed by atoms with E-state index in [1.165, 1.54) is 6.07 Å². The largest absolute Gasteiger partial charge is 0.496 e. The fourth-order valence-corrected chi connectivity index (χ4v) is 2.55. The molecule has 0 radical (unpaired) electrons. The Hall–Kier alpha value is -0.0900. The Bertz CT molecular complexity index is 355. The zero-order chi connectivity index (χ0) is 12.1. The molecule has 0 aromatic heterocycles. The number of alkyl halides is 1. The molecule has 1 nitrogen and oxygen atoms in total. The number of rotatable bonds is 5. The molecule has 0 fully saturated rings. The van der Waals surface area contributed by atoms with Crippen LogP contribution >= 0.6 is 31.9 Å². The number of hydrogen-bond acceptors (Lipinski definition) is 1. The molecule has 0 N–H and O–H groups in total. The number of methoxy groups -OCH3 is 1. The summed E-state index contributed by atoms with van der Waals surface area (Å²) in [5, 5.41) is 0. The molecule has 0 heterocycles. The van der Waals surface area contributed by atoms with Gasteiger partial charge in [0.1, 0.15) is 11.6 Å². The van der Waals surface area contributed by atoms with Crippen molar-refractivity contribution >= 4 is 31.9 Å². The summed E-state index contributed by atoms with van der Waals surface area (Å²) in [7, 11) is 1.56. The van der Waals surface area contributed by atoms with Gasteiger partial charge in [0.25, 0.3) is 0 Å². The fourth-order valence-electron chi connectivity index (χ4n) is 1.50. The SMILES string of the molecule is CCCCC(Br)c1cc(Br)c(F)cc1OC. The highest BCUT2D eigenvalue weighted by Crippen LogP contribution is 2.37. The number of ether oxygens (including phenoxy) is 1. The van der Waals surface area contributed by atoms with Crippen molar-refractivity contribution in [2.45, 2.75) is 31.0 Å². The molecular weight excluding hydrogens is 339 g/mol. The Kier molecular flexibility index (Phi) is 5.76. The van der Waals surface area contributed by atoms with E-state index in [0.29, 0.717) is 10.2 Å². The number of hydrogen-bond donors (Lipinski definition) is 0. The van der Waals surface area contributed by atoms with Crippen molar-refractivity contribution in [2.75, 3.05) is 7.11 Å². The van der Waals surface area contributed by atoms with Crippen LogP contribution in [0.15, 0.2) is 16.6 Å². The molecule has 1 aromatic rings. The summed E-state index contributed by atoms with van der Waals surface area (Å²) in [6.07, 6.45) is 3.30. The van der Waals surface area contributed by atoms with Crippen LogP contribution in [0.5, 0.6) is 5.75 Å². The van der Waals surface area contributed by atoms with E-state index in [0.717, 1.165) is 24.8 Å². The minimum atomic E-state index is -0.296. The third-order valence-electron chi connectivity index (χ3n) is 2.42. The van der Waals surface area contributed by atoms with Gasteiger partial charge in [0.05, 0.1) is 11.6 Å². The summed E-state index contributed by atoms with van der Waals surface area (Å²) in [6.45, 7) is 2.15. The topological polar surface area (TPSA) is 9.23 Å². The van der Waals surface area contributed by atoms with Crippen LogP contribution in [0.25, 0.3) is 0 Å². The van der Waals surface area contributed by atoms with Crippen LogP contribution in [-0.4, -0.2) is 7.11 Å². The highest BCUT2D eigenvalue weighted by Gasteiger charge is 2.15. The van der Waals surface area contributed by atoms with Crippen LogP contribution in [0, 0.1) is 5.82 Å². The van der Waals surface area contributed by atoms with Gasteiger partial charge in [-0.3, -0.25) is 0 Å². The highest BCUT2D eigenvalue weighted by molar-refractivity contribution is 9.10. The predicted octanol–water partition coefficient (Wildman–Crippen LogP) is 5.22. The van der Waals surface area contributed by atoms with Crippen molar-refractivity contribution in [2.24, 2.45) is 0 Å². The quantitative estimate of drug-likeness (QED) is 0.659. The standard InChI is InChI=1S/C12H15Br2FO/c1-3-4-5-9(13)8-6-10(14)11(15)7-12(8)16-2/h6-7,9H,3-5H2,1-2H3. The molecule has 0 saturated heterocycles. The van der Waals surface area contributed by atoms with Crippen LogP contribution in [0.4, 0.5) is 4.39 Å². The van der Waals surface area contributed by atoms with Gasteiger partial charge < -0.3 is 4.74 Å². The second-order valence-electron chi connectivity index (χ2n) is 3.62. The number of unbranched alkanes of at least 4 members (excludes halogenated alkanes) is 1. The smallest absolute Gasteiger partial charge is 0.141 e. The Morgan fingerprint density at radius 2 is 2.12 bits per heavy atom. The minimum Gasteiger partial charge on any atom is -0.496 e. The van der Waals surface area contributed by atoms with Crippen LogP contribution < -0.4 is 4.74 Å². The predicted molar refractivity (Wildman–Crippen MR) is 71.8 cm³/mol. The van der Waals surface area contributed by atoms with Crippen LogP contribution in [0.2, 0.25) is 0 Å². The molecule has 0 amide bonds. The van der Waals surface area contributed by atoms with Crippen LogP contribution in [0.1, 0.15) is 36.6 Å². The van der Waals surface area contributed by atoms with Crippen molar-refractivity contribution in [3.8, 4) is 5.75 Å². The maximum absolute atomic E-state index is 13.3. The normalized spacial score (nSPS) is 12.6. The Labute approximate surface area is 113 Å². The van der Waals surface area contributed by atoms with E-state index in [2.05, 4.69) is 38.8 Å². The molecule has 0 spiro atoms. The molecule has 0 aliphatic carbocycles. The average Bonchev–Trinajstić information content (AvgIpc) is 2.28. The van der Waals surface area contributed by atoms with Crippen LogP contribution in [-0.2, 0) is 0 Å². The van der Waals surface area contributed by atoms with Gasteiger partial charge >= 0.3 is 0 Å². The maximum Gasteiger partial charge on any atom is 0.141 e. The molecule has 1 rings (SSSR count). The third kappa shape index (κ3) is 3.45. The summed E-state index contributed by atoms with van der Waals surface area (Å²) in [4.78, 5) is 0.208. The lowest BCUT2D eigenvalue weighted by Crippen LogP contribution is -1.97. The summed E-state index contributed by atoms with van der Waals surface area (Å²) in [5.74, 6) is 0.300. The molecule has 0 aliphatic rings. The first-order chi connectivity index (χ1) is 7.60. The number of halogens is 3. The fraction of sp³-hybridized carbons (Fsp3) is 0.500. The summed E-state index contributed by atoms with van der Waals surface area (Å²) < 4.78 is 19.0. The Morgan fingerprint density at radius 3 is 2.69 bits per heavy atom. The molecule has 0 saturated carbocycles. The molecule has 4 heteroatoms. The Morgan fingerprint density at radius 1 is 1.44 bits per heavy atom. The molecule has 0 bridgehead atoms. The van der Waals surface area contributed by atoms with Gasteiger partial charge in [0.2, 0.25) is 0 Å². The van der Waals surface area contributed by atoms with Gasteiger partial charge in [-0.2, -0.15) is 0 Å². The maximum atomic E-state index is 13.3. The average molecular weight is 354 g/mol. The van der Waals surface area contributed by atoms with Gasteiger partial charge in [0.15, 0.2) is 0 Å². The second-order valence-corrected chi connectivity index (χ2v) is 5.58. The van der Waals surface area contributed by atoms with E-state index < -0.39 is 0 Å². The van der Waals surface area contributed by atoms with Crippen molar-refractivity contribution in [1.82, 2.24) is 0 Å². The molecule has 1 atom stereocenters. The molecule has 1 aromatic carbocycles. The van der Waals surface area contributed by atoms with E-state index in [9.17, 15) is 4.39 Å². The molecule has 90 valence electrons. The van der Waals surface area contributed by atoms with E-state index >= 15 is 0 Å². The Balaban J connectivity index is 2.96. The first-order valence-corrected chi connectivity index (χ1v) is 6.98. The van der Waals surface area contributed by atoms with Crippen LogP contribution in [0.3, 0.4) is 0 Å². The van der Waals surface area contributed by atoms with E-state index in [4.69, 9.17) is 4.74 Å². The molecule has 0 aliphatic heterocycles. The monoisotopic (exact) mass is 352 g/mol. The summed E-state index contributed by atoms with van der Waals surface area (Å²) in [6, 6.07) is 3.20. The lowest BCUT2D eigenvalue weighted by molar-refractivity contribution is 0.404. The van der Waals surface area contributed by atoms with Crippen molar-refractivity contribution in [1.29, 1.82) is 0 Å². The van der Waals surface area contributed by atoms with Gasteiger partial charge in [-0.15, -0.1) is 0 Å². The first-order valence-electron chi connectivity index (χ1n) is 5.27. The zero-order valence-electron chi connectivity index (χ0n) is 9.40.